The Morgan fingerprint density at radius 1 is 1.47 bits per heavy atom. The molecule has 88 valence electrons. The normalized spacial score (nSPS) is 17.9. The van der Waals surface area contributed by atoms with Crippen LogP contribution in [0.2, 0.25) is 0 Å². The zero-order chi connectivity index (χ0) is 11.3. The molecule has 1 unspecified atom stereocenters. The highest BCUT2D eigenvalue weighted by molar-refractivity contribution is 5.77. The number of amides is 1. The van der Waals surface area contributed by atoms with E-state index < -0.39 is 0 Å². The summed E-state index contributed by atoms with van der Waals surface area (Å²) in [7, 11) is 0. The lowest BCUT2D eigenvalue weighted by Crippen LogP contribution is -2.37. The summed E-state index contributed by atoms with van der Waals surface area (Å²) in [6.45, 7) is 6.19. The van der Waals surface area contributed by atoms with E-state index in [1.54, 1.807) is 0 Å². The van der Waals surface area contributed by atoms with E-state index in [4.69, 9.17) is 4.74 Å². The number of nitrogens with one attached hydrogen (secondary N) is 1. The van der Waals surface area contributed by atoms with Gasteiger partial charge in [0.15, 0.2) is 0 Å². The van der Waals surface area contributed by atoms with Crippen LogP contribution in [0, 0.1) is 5.92 Å². The second-order valence-electron chi connectivity index (χ2n) is 4.71. The molecule has 0 bridgehead atoms. The number of hydrogen-bond donors (Lipinski definition) is 1. The minimum atomic E-state index is 0.0243. The van der Waals surface area contributed by atoms with Crippen LogP contribution in [-0.4, -0.2) is 24.7 Å². The maximum absolute atomic E-state index is 11.5. The Kier molecular flexibility index (Phi) is 5.09. The average Bonchev–Trinajstić information content (AvgIpc) is 2.97. The van der Waals surface area contributed by atoms with Gasteiger partial charge in [0.25, 0.3) is 0 Å². The first-order valence-electron chi connectivity index (χ1n) is 6.02. The van der Waals surface area contributed by atoms with Gasteiger partial charge in [-0.2, -0.15) is 0 Å². The van der Waals surface area contributed by atoms with Crippen LogP contribution in [0.5, 0.6) is 0 Å². The molecule has 1 aliphatic rings. The molecule has 0 radical (unpaired) electrons. The maximum atomic E-state index is 11.5. The molecule has 0 heterocycles. The van der Waals surface area contributed by atoms with Crippen LogP contribution in [0.1, 0.15) is 46.5 Å². The molecule has 1 rings (SSSR count). The van der Waals surface area contributed by atoms with E-state index >= 15 is 0 Å². The van der Waals surface area contributed by atoms with Crippen molar-refractivity contribution in [3.63, 3.8) is 0 Å². The molecule has 1 saturated carbocycles. The van der Waals surface area contributed by atoms with Crippen LogP contribution in [0.3, 0.4) is 0 Å². The molecule has 0 spiro atoms. The van der Waals surface area contributed by atoms with Crippen molar-refractivity contribution in [1.29, 1.82) is 0 Å². The van der Waals surface area contributed by atoms with Gasteiger partial charge in [0.2, 0.25) is 5.91 Å². The predicted octanol–water partition coefficient (Wildman–Crippen LogP) is 2.11. The van der Waals surface area contributed by atoms with Crippen LogP contribution in [0.15, 0.2) is 0 Å². The van der Waals surface area contributed by atoms with Crippen molar-refractivity contribution in [2.24, 2.45) is 5.92 Å². The van der Waals surface area contributed by atoms with Gasteiger partial charge in [-0.25, -0.2) is 0 Å². The van der Waals surface area contributed by atoms with Gasteiger partial charge in [-0.3, -0.25) is 4.79 Å². The quantitative estimate of drug-likeness (QED) is 0.703. The number of carbonyl (C=O) groups excluding carboxylic acids is 1. The van der Waals surface area contributed by atoms with Gasteiger partial charge >= 0.3 is 0 Å². The van der Waals surface area contributed by atoms with E-state index in [1.165, 1.54) is 12.8 Å². The second-order valence-corrected chi connectivity index (χ2v) is 4.71. The molecule has 0 aromatic heterocycles. The van der Waals surface area contributed by atoms with Gasteiger partial charge in [-0.15, -0.1) is 0 Å². The molecule has 3 heteroatoms. The third-order valence-corrected chi connectivity index (χ3v) is 2.72. The lowest BCUT2D eigenvalue weighted by atomic mass is 10.1. The first-order valence-corrected chi connectivity index (χ1v) is 6.02. The third-order valence-electron chi connectivity index (χ3n) is 2.72. The van der Waals surface area contributed by atoms with Crippen molar-refractivity contribution < 1.29 is 9.53 Å². The van der Waals surface area contributed by atoms with Crippen LogP contribution >= 0.6 is 0 Å². The molecular formula is C12H23NO2. The van der Waals surface area contributed by atoms with Gasteiger partial charge < -0.3 is 10.1 Å². The zero-order valence-corrected chi connectivity index (χ0v) is 10.1. The Morgan fingerprint density at radius 2 is 2.13 bits per heavy atom. The van der Waals surface area contributed by atoms with E-state index in [0.29, 0.717) is 6.04 Å². The van der Waals surface area contributed by atoms with Crippen molar-refractivity contribution in [1.82, 2.24) is 5.32 Å². The minimum Gasteiger partial charge on any atom is -0.369 e. The van der Waals surface area contributed by atoms with E-state index in [0.717, 1.165) is 18.8 Å². The van der Waals surface area contributed by atoms with Crippen molar-refractivity contribution in [2.45, 2.75) is 58.6 Å². The maximum Gasteiger partial charge on any atom is 0.246 e. The lowest BCUT2D eigenvalue weighted by molar-refractivity contribution is -0.127. The fraction of sp³-hybridized carbons (Fsp3) is 0.917. The summed E-state index contributed by atoms with van der Waals surface area (Å²) in [6.07, 6.45) is 4.97. The van der Waals surface area contributed by atoms with E-state index in [-0.39, 0.29) is 18.6 Å². The molecule has 0 aromatic carbocycles. The Labute approximate surface area is 92.6 Å². The monoisotopic (exact) mass is 213 g/mol. The Hall–Kier alpha value is -0.570. The van der Waals surface area contributed by atoms with Crippen LogP contribution in [0.25, 0.3) is 0 Å². The largest absolute Gasteiger partial charge is 0.369 e. The molecule has 0 aromatic rings. The van der Waals surface area contributed by atoms with Crippen molar-refractivity contribution in [2.75, 3.05) is 6.61 Å². The number of hydrogen-bond acceptors (Lipinski definition) is 2. The number of rotatable bonds is 7. The average molecular weight is 213 g/mol. The molecule has 0 aliphatic heterocycles. The lowest BCUT2D eigenvalue weighted by Gasteiger charge is -2.17. The molecule has 1 amide bonds. The fourth-order valence-corrected chi connectivity index (χ4v) is 1.60. The van der Waals surface area contributed by atoms with E-state index in [2.05, 4.69) is 12.2 Å². The first-order chi connectivity index (χ1) is 7.11. The topological polar surface area (TPSA) is 38.3 Å². The molecular weight excluding hydrogens is 190 g/mol. The minimum absolute atomic E-state index is 0.0243. The van der Waals surface area contributed by atoms with Gasteiger partial charge in [0, 0.05) is 6.04 Å². The summed E-state index contributed by atoms with van der Waals surface area (Å²) < 4.78 is 5.26. The molecule has 1 fully saturated rings. The standard InChI is InChI=1S/C12H23NO2/c1-4-11(7-10-5-6-10)13-12(14)8-15-9(2)3/h9-11H,4-8H2,1-3H3,(H,13,14). The van der Waals surface area contributed by atoms with Gasteiger partial charge in [0.05, 0.1) is 6.10 Å². The fourth-order valence-electron chi connectivity index (χ4n) is 1.60. The summed E-state index contributed by atoms with van der Waals surface area (Å²) in [6, 6.07) is 0.348. The summed E-state index contributed by atoms with van der Waals surface area (Å²) in [5.41, 5.74) is 0. The van der Waals surface area contributed by atoms with Gasteiger partial charge in [-0.05, 0) is 32.6 Å². The highest BCUT2D eigenvalue weighted by Crippen LogP contribution is 2.33. The van der Waals surface area contributed by atoms with E-state index in [9.17, 15) is 4.79 Å². The molecule has 1 aliphatic carbocycles. The number of ether oxygens (including phenoxy) is 1. The molecule has 1 atom stereocenters. The summed E-state index contributed by atoms with van der Waals surface area (Å²) >= 11 is 0. The Bertz CT molecular complexity index is 200. The van der Waals surface area contributed by atoms with Crippen molar-refractivity contribution >= 4 is 5.91 Å². The zero-order valence-electron chi connectivity index (χ0n) is 10.1. The second kappa shape index (κ2) is 6.11. The van der Waals surface area contributed by atoms with Crippen LogP contribution in [-0.2, 0) is 9.53 Å². The molecule has 15 heavy (non-hydrogen) atoms. The SMILES string of the molecule is CCC(CC1CC1)NC(=O)COC(C)C. The predicted molar refractivity (Wildman–Crippen MR) is 60.7 cm³/mol. The molecule has 3 nitrogen and oxygen atoms in total. The van der Waals surface area contributed by atoms with Crippen molar-refractivity contribution in [3.8, 4) is 0 Å². The van der Waals surface area contributed by atoms with E-state index in [1.807, 2.05) is 13.8 Å². The van der Waals surface area contributed by atoms with Crippen molar-refractivity contribution in [3.05, 3.63) is 0 Å². The summed E-state index contributed by atoms with van der Waals surface area (Å²) in [4.78, 5) is 11.5. The third kappa shape index (κ3) is 5.78. The van der Waals surface area contributed by atoms with Crippen LogP contribution < -0.4 is 5.32 Å². The molecule has 1 N–H and O–H groups in total. The Morgan fingerprint density at radius 3 is 2.60 bits per heavy atom. The van der Waals surface area contributed by atoms with Gasteiger partial charge in [0.1, 0.15) is 6.61 Å². The number of carbonyl (C=O) groups is 1. The summed E-state index contributed by atoms with van der Waals surface area (Å²) in [5.74, 6) is 0.887. The highest BCUT2D eigenvalue weighted by atomic mass is 16.5. The summed E-state index contributed by atoms with van der Waals surface area (Å²) in [5, 5.41) is 3.03. The first kappa shape index (κ1) is 12.5. The van der Waals surface area contributed by atoms with Crippen LogP contribution in [0.4, 0.5) is 0 Å². The van der Waals surface area contributed by atoms with Gasteiger partial charge in [-0.1, -0.05) is 19.8 Å². The smallest absolute Gasteiger partial charge is 0.246 e. The molecule has 0 saturated heterocycles. The highest BCUT2D eigenvalue weighted by Gasteiger charge is 2.25. The Balaban J connectivity index is 2.15.